The van der Waals surface area contributed by atoms with E-state index < -0.39 is 5.91 Å². The molecular weight excluding hydrogens is 527 g/mol. The van der Waals surface area contributed by atoms with Crippen LogP contribution in [0.4, 0.5) is 11.4 Å². The molecule has 2 N–H and O–H groups in total. The monoisotopic (exact) mass is 548 g/mol. The van der Waals surface area contributed by atoms with E-state index in [2.05, 4.69) is 15.5 Å². The average molecular weight is 550 g/mol. The lowest BCUT2D eigenvalue weighted by molar-refractivity contribution is 0.0751. The predicted molar refractivity (Wildman–Crippen MR) is 146 cm³/mol. The summed E-state index contributed by atoms with van der Waals surface area (Å²) < 4.78 is 5.22. The number of hydrogen-bond acceptors (Lipinski definition) is 6. The highest BCUT2D eigenvalue weighted by atomic mass is 35.5. The normalized spacial score (nSPS) is 13.3. The highest BCUT2D eigenvalue weighted by Crippen LogP contribution is 2.30. The van der Waals surface area contributed by atoms with Crippen LogP contribution in [0.15, 0.2) is 53.9 Å². The van der Waals surface area contributed by atoms with Gasteiger partial charge in [0.25, 0.3) is 11.8 Å². The lowest BCUT2D eigenvalue weighted by atomic mass is 10.2. The number of carbonyl (C=O) groups is 2. The molecule has 1 aromatic heterocycles. The van der Waals surface area contributed by atoms with E-state index in [1.165, 1.54) is 24.5 Å². The zero-order valence-corrected chi connectivity index (χ0v) is 21.9. The number of nitrogens with zero attached hydrogens (tertiary/aromatic N) is 2. The van der Waals surface area contributed by atoms with Gasteiger partial charge < -0.3 is 19.9 Å². The van der Waals surface area contributed by atoms with Gasteiger partial charge in [-0.25, -0.2) is 0 Å². The molecule has 35 heavy (non-hydrogen) atoms. The van der Waals surface area contributed by atoms with Gasteiger partial charge in [-0.05, 0) is 60.1 Å². The Hall–Kier alpha value is -2.85. The quantitative estimate of drug-likeness (QED) is 0.429. The number of halogens is 2. The lowest BCUT2D eigenvalue weighted by Gasteiger charge is -2.36. The maximum absolute atomic E-state index is 12.6. The van der Waals surface area contributed by atoms with Crippen molar-refractivity contribution in [3.05, 3.63) is 74.4 Å². The molecule has 1 aliphatic heterocycles. The molecule has 1 aliphatic rings. The number of anilines is 2. The second-order valence-corrected chi connectivity index (χ2v) is 9.88. The third kappa shape index (κ3) is 6.05. The molecule has 1 saturated heterocycles. The van der Waals surface area contributed by atoms with Crippen LogP contribution in [0.2, 0.25) is 10.0 Å². The second-order valence-electron chi connectivity index (χ2n) is 7.68. The minimum atomic E-state index is -0.445. The molecule has 182 valence electrons. The van der Waals surface area contributed by atoms with Gasteiger partial charge in [-0.15, -0.1) is 11.3 Å². The minimum Gasteiger partial charge on any atom is -0.496 e. The van der Waals surface area contributed by atoms with E-state index in [9.17, 15) is 9.59 Å². The van der Waals surface area contributed by atoms with Crippen molar-refractivity contribution < 1.29 is 14.3 Å². The lowest BCUT2D eigenvalue weighted by Crippen LogP contribution is -2.48. The predicted octanol–water partition coefficient (Wildman–Crippen LogP) is 5.15. The van der Waals surface area contributed by atoms with Crippen LogP contribution in [0.5, 0.6) is 5.75 Å². The molecule has 4 rings (SSSR count). The molecule has 0 spiro atoms. The molecule has 1 fully saturated rings. The van der Waals surface area contributed by atoms with Crippen molar-refractivity contribution in [2.45, 2.75) is 0 Å². The summed E-state index contributed by atoms with van der Waals surface area (Å²) in [5.74, 6) is 0.00932. The zero-order valence-electron chi connectivity index (χ0n) is 18.7. The number of methoxy groups -OCH3 is 1. The number of amides is 2. The first kappa shape index (κ1) is 25.2. The van der Waals surface area contributed by atoms with Crippen molar-refractivity contribution in [3.8, 4) is 5.75 Å². The highest BCUT2D eigenvalue weighted by Gasteiger charge is 2.24. The molecule has 2 aromatic carbocycles. The Kier molecular flexibility index (Phi) is 8.12. The molecule has 3 aromatic rings. The molecule has 0 saturated carbocycles. The second kappa shape index (κ2) is 11.3. The summed E-state index contributed by atoms with van der Waals surface area (Å²) in [4.78, 5) is 29.9. The summed E-state index contributed by atoms with van der Waals surface area (Å²) >= 11 is 19.3. The first-order valence-corrected chi connectivity index (χ1v) is 12.7. The fourth-order valence-electron chi connectivity index (χ4n) is 3.74. The van der Waals surface area contributed by atoms with Crippen molar-refractivity contribution in [2.24, 2.45) is 0 Å². The first-order valence-electron chi connectivity index (χ1n) is 10.7. The van der Waals surface area contributed by atoms with Gasteiger partial charge in [-0.1, -0.05) is 29.3 Å². The third-order valence-corrected chi connectivity index (χ3v) is 7.08. The molecule has 0 atom stereocenters. The molecule has 0 bridgehead atoms. The van der Waals surface area contributed by atoms with Crippen molar-refractivity contribution in [3.63, 3.8) is 0 Å². The molecule has 2 amide bonds. The summed E-state index contributed by atoms with van der Waals surface area (Å²) in [6.45, 7) is 2.60. The number of ether oxygens (including phenoxy) is 1. The van der Waals surface area contributed by atoms with Gasteiger partial charge in [0, 0.05) is 36.9 Å². The Balaban J connectivity index is 1.34. The van der Waals surface area contributed by atoms with Gasteiger partial charge in [0.15, 0.2) is 5.11 Å². The molecule has 2 heterocycles. The molecule has 7 nitrogen and oxygen atoms in total. The standard InChI is InChI=1S/C24H22Cl2N4O3S2/c1-33-20-7-4-15(25)13-17(20)22(31)28-24(34)27-16-5-6-19(18(26)14-16)29-8-10-30(11-9-29)23(32)21-3-2-12-35-21/h2-7,12-14H,8-11H2,1H3,(H2,27,28,31,34). The summed E-state index contributed by atoms with van der Waals surface area (Å²) in [6.07, 6.45) is 0. The number of carbonyl (C=O) groups excluding carboxylic acids is 2. The van der Waals surface area contributed by atoms with Gasteiger partial charge in [-0.2, -0.15) is 0 Å². The highest BCUT2D eigenvalue weighted by molar-refractivity contribution is 7.80. The van der Waals surface area contributed by atoms with Crippen LogP contribution in [0, 0.1) is 0 Å². The van der Waals surface area contributed by atoms with Crippen molar-refractivity contribution >= 4 is 75.1 Å². The number of rotatable bonds is 5. The molecule has 0 unspecified atom stereocenters. The summed E-state index contributed by atoms with van der Waals surface area (Å²) in [5, 5.41) is 8.57. The molecular formula is C24H22Cl2N4O3S2. The van der Waals surface area contributed by atoms with Crippen LogP contribution in [0.25, 0.3) is 0 Å². The van der Waals surface area contributed by atoms with Crippen LogP contribution in [0.1, 0.15) is 20.0 Å². The van der Waals surface area contributed by atoms with Crippen LogP contribution < -0.4 is 20.3 Å². The van der Waals surface area contributed by atoms with E-state index in [0.717, 1.165) is 10.6 Å². The number of thiophene rings is 1. The summed E-state index contributed by atoms with van der Waals surface area (Å²) in [5.41, 5.74) is 1.78. The Labute approximate surface area is 222 Å². The van der Waals surface area contributed by atoms with Crippen molar-refractivity contribution in [2.75, 3.05) is 43.5 Å². The number of piperazine rings is 1. The topological polar surface area (TPSA) is 73.9 Å². The van der Waals surface area contributed by atoms with E-state index in [0.29, 0.717) is 47.7 Å². The van der Waals surface area contributed by atoms with E-state index >= 15 is 0 Å². The smallest absolute Gasteiger partial charge is 0.264 e. The Morgan fingerprint density at radius 3 is 2.49 bits per heavy atom. The first-order chi connectivity index (χ1) is 16.9. The van der Waals surface area contributed by atoms with Crippen molar-refractivity contribution in [1.29, 1.82) is 0 Å². The molecule has 0 aliphatic carbocycles. The van der Waals surface area contributed by atoms with Crippen LogP contribution >= 0.6 is 46.8 Å². The van der Waals surface area contributed by atoms with Gasteiger partial charge in [0.05, 0.1) is 28.3 Å². The fraction of sp³-hybridized carbons (Fsp3) is 0.208. The van der Waals surface area contributed by atoms with E-state index in [-0.39, 0.29) is 16.6 Å². The summed E-state index contributed by atoms with van der Waals surface area (Å²) in [7, 11) is 1.47. The Bertz CT molecular complexity index is 1250. The Morgan fingerprint density at radius 1 is 1.06 bits per heavy atom. The minimum absolute atomic E-state index is 0.0660. The molecule has 11 heteroatoms. The number of benzene rings is 2. The van der Waals surface area contributed by atoms with Crippen LogP contribution in [-0.2, 0) is 0 Å². The zero-order chi connectivity index (χ0) is 24.9. The number of nitrogens with one attached hydrogen (secondary N) is 2. The van der Waals surface area contributed by atoms with Gasteiger partial charge in [0.1, 0.15) is 5.75 Å². The number of thiocarbonyl (C=S) groups is 1. The SMILES string of the molecule is COc1ccc(Cl)cc1C(=O)NC(=S)Nc1ccc(N2CCN(C(=O)c3cccs3)CC2)c(Cl)c1. The number of hydrogen-bond donors (Lipinski definition) is 2. The maximum atomic E-state index is 12.6. The van der Waals surface area contributed by atoms with Crippen LogP contribution in [0.3, 0.4) is 0 Å². The average Bonchev–Trinajstić information content (AvgIpc) is 3.39. The fourth-order valence-corrected chi connectivity index (χ4v) is 5.11. The van der Waals surface area contributed by atoms with Gasteiger partial charge >= 0.3 is 0 Å². The Morgan fingerprint density at radius 2 is 1.83 bits per heavy atom. The van der Waals surface area contributed by atoms with E-state index in [1.54, 1.807) is 18.2 Å². The van der Waals surface area contributed by atoms with E-state index in [1.807, 2.05) is 34.5 Å². The van der Waals surface area contributed by atoms with Gasteiger partial charge in [0.2, 0.25) is 0 Å². The molecule has 0 radical (unpaired) electrons. The van der Waals surface area contributed by atoms with Crippen LogP contribution in [-0.4, -0.2) is 55.1 Å². The van der Waals surface area contributed by atoms with E-state index in [4.69, 9.17) is 40.2 Å². The third-order valence-electron chi connectivity index (χ3n) is 5.48. The van der Waals surface area contributed by atoms with Crippen molar-refractivity contribution in [1.82, 2.24) is 10.2 Å². The summed E-state index contributed by atoms with van der Waals surface area (Å²) in [6, 6.07) is 14.0. The van der Waals surface area contributed by atoms with Gasteiger partial charge in [-0.3, -0.25) is 14.9 Å². The maximum Gasteiger partial charge on any atom is 0.264 e. The largest absolute Gasteiger partial charge is 0.496 e.